The highest BCUT2D eigenvalue weighted by atomic mass is 15.4. The van der Waals surface area contributed by atoms with Gasteiger partial charge < -0.3 is 5.32 Å². The zero-order valence-electron chi connectivity index (χ0n) is 10.4. The van der Waals surface area contributed by atoms with Gasteiger partial charge in [0.1, 0.15) is 0 Å². The van der Waals surface area contributed by atoms with Crippen molar-refractivity contribution in [1.29, 1.82) is 0 Å². The molecule has 2 rings (SSSR count). The van der Waals surface area contributed by atoms with Crippen LogP contribution < -0.4 is 5.32 Å². The topological polar surface area (TPSA) is 55.6 Å². The zero-order chi connectivity index (χ0) is 11.9. The van der Waals surface area contributed by atoms with Crippen molar-refractivity contribution in [3.05, 3.63) is 11.9 Å². The molecule has 1 N–H and O–H groups in total. The molecule has 2 heterocycles. The Morgan fingerprint density at radius 2 is 2.00 bits per heavy atom. The Morgan fingerprint density at radius 1 is 1.31 bits per heavy atom. The van der Waals surface area contributed by atoms with E-state index in [1.807, 2.05) is 18.7 Å². The minimum absolute atomic E-state index is 0.0897. The summed E-state index contributed by atoms with van der Waals surface area (Å²) in [7, 11) is 1.88. The van der Waals surface area contributed by atoms with Crippen molar-refractivity contribution in [3.8, 4) is 0 Å². The normalized spacial score (nSPS) is 12.1. The van der Waals surface area contributed by atoms with Gasteiger partial charge in [0, 0.05) is 7.05 Å². The number of nitrogens with one attached hydrogen (secondary N) is 1. The number of aryl methyl sites for hydroxylation is 1. The van der Waals surface area contributed by atoms with Gasteiger partial charge in [0.25, 0.3) is 0 Å². The molecule has 0 radical (unpaired) electrons. The minimum Gasteiger partial charge on any atom is -0.386 e. The number of aromatic nitrogens is 4. The monoisotopic (exact) mass is 219 g/mol. The number of nitrogens with zero attached hydrogens (tertiary/aromatic N) is 4. The van der Waals surface area contributed by atoms with E-state index in [1.54, 1.807) is 6.20 Å². The molecule has 0 amide bonds. The number of anilines is 1. The first-order chi connectivity index (χ1) is 7.45. The maximum atomic E-state index is 4.54. The second-order valence-electron chi connectivity index (χ2n) is 4.87. The lowest BCUT2D eigenvalue weighted by atomic mass is 10.1. The van der Waals surface area contributed by atoms with Crippen LogP contribution in [0.15, 0.2) is 6.20 Å². The highest BCUT2D eigenvalue weighted by Gasteiger charge is 2.21. The van der Waals surface area contributed by atoms with Crippen LogP contribution in [0, 0.1) is 6.92 Å². The van der Waals surface area contributed by atoms with E-state index in [-0.39, 0.29) is 5.54 Å². The molecule has 2 aromatic heterocycles. The van der Waals surface area contributed by atoms with Crippen LogP contribution in [0.3, 0.4) is 0 Å². The van der Waals surface area contributed by atoms with Crippen LogP contribution in [0.2, 0.25) is 0 Å². The van der Waals surface area contributed by atoms with Gasteiger partial charge in [0.15, 0.2) is 5.65 Å². The molecule has 0 spiro atoms. The van der Waals surface area contributed by atoms with Gasteiger partial charge in [-0.1, -0.05) is 0 Å². The first-order valence-electron chi connectivity index (χ1n) is 5.34. The maximum absolute atomic E-state index is 4.54. The molecule has 0 aliphatic heterocycles. The Balaban J connectivity index is 2.82. The molecule has 16 heavy (non-hydrogen) atoms. The smallest absolute Gasteiger partial charge is 0.183 e. The van der Waals surface area contributed by atoms with E-state index in [4.69, 9.17) is 0 Å². The molecule has 0 saturated heterocycles. The first kappa shape index (κ1) is 10.9. The van der Waals surface area contributed by atoms with Crippen LogP contribution in [0.1, 0.15) is 26.5 Å². The van der Waals surface area contributed by atoms with Crippen molar-refractivity contribution in [1.82, 2.24) is 20.0 Å². The molecule has 0 fully saturated rings. The summed E-state index contributed by atoms with van der Waals surface area (Å²) in [5.41, 5.74) is 2.69. The van der Waals surface area contributed by atoms with Gasteiger partial charge in [0.05, 0.1) is 28.5 Å². The van der Waals surface area contributed by atoms with Crippen molar-refractivity contribution >= 4 is 16.7 Å². The Hall–Kier alpha value is -1.65. The van der Waals surface area contributed by atoms with Crippen LogP contribution in [0.4, 0.5) is 5.69 Å². The van der Waals surface area contributed by atoms with E-state index < -0.39 is 0 Å². The highest BCUT2D eigenvalue weighted by molar-refractivity contribution is 5.90. The van der Waals surface area contributed by atoms with Crippen LogP contribution in [0.25, 0.3) is 11.0 Å². The molecule has 0 aromatic carbocycles. The lowest BCUT2D eigenvalue weighted by Crippen LogP contribution is -2.23. The van der Waals surface area contributed by atoms with Crippen molar-refractivity contribution in [2.45, 2.75) is 33.2 Å². The van der Waals surface area contributed by atoms with E-state index in [2.05, 4.69) is 41.4 Å². The van der Waals surface area contributed by atoms with E-state index >= 15 is 0 Å². The van der Waals surface area contributed by atoms with Gasteiger partial charge in [-0.15, -0.1) is 5.10 Å². The van der Waals surface area contributed by atoms with E-state index in [9.17, 15) is 0 Å². The third-order valence-electron chi connectivity index (χ3n) is 2.55. The Labute approximate surface area is 94.9 Å². The molecule has 5 nitrogen and oxygen atoms in total. The molecular formula is C11H17N5. The standard InChI is InChI=1S/C11H17N5/c1-7-9-8(12-5)6-13-14-10(9)16(15-7)11(2,3)4/h6H,1-5H3,(H,12,14). The zero-order valence-corrected chi connectivity index (χ0v) is 10.4. The fraction of sp³-hybridized carbons (Fsp3) is 0.545. The molecule has 2 aromatic rings. The third-order valence-corrected chi connectivity index (χ3v) is 2.55. The highest BCUT2D eigenvalue weighted by Crippen LogP contribution is 2.27. The molecule has 0 saturated carbocycles. The quantitative estimate of drug-likeness (QED) is 0.796. The van der Waals surface area contributed by atoms with Gasteiger partial charge in [-0.05, 0) is 27.7 Å². The number of hydrogen-bond acceptors (Lipinski definition) is 4. The van der Waals surface area contributed by atoms with Crippen LogP contribution in [0.5, 0.6) is 0 Å². The summed E-state index contributed by atoms with van der Waals surface area (Å²) in [6.07, 6.45) is 1.73. The maximum Gasteiger partial charge on any atom is 0.183 e. The second kappa shape index (κ2) is 3.43. The molecule has 0 bridgehead atoms. The molecule has 0 aliphatic rings. The van der Waals surface area contributed by atoms with E-state index in [1.165, 1.54) is 0 Å². The van der Waals surface area contributed by atoms with Crippen LogP contribution in [-0.2, 0) is 5.54 Å². The Morgan fingerprint density at radius 3 is 2.56 bits per heavy atom. The molecule has 0 atom stereocenters. The van der Waals surface area contributed by atoms with E-state index in [0.29, 0.717) is 0 Å². The molecule has 0 unspecified atom stereocenters. The summed E-state index contributed by atoms with van der Waals surface area (Å²) in [6.45, 7) is 8.30. The molecule has 0 aliphatic carbocycles. The lowest BCUT2D eigenvalue weighted by molar-refractivity contribution is 0.363. The SMILES string of the molecule is CNc1cnnc2c1c(C)nn2C(C)(C)C. The van der Waals surface area contributed by atoms with Crippen molar-refractivity contribution < 1.29 is 0 Å². The summed E-state index contributed by atoms with van der Waals surface area (Å²) in [5.74, 6) is 0. The summed E-state index contributed by atoms with van der Waals surface area (Å²) in [5, 5.41) is 16.9. The Bertz CT molecular complexity index is 521. The Kier molecular flexibility index (Phi) is 2.33. The minimum atomic E-state index is -0.0897. The number of rotatable bonds is 1. The molecule has 5 heteroatoms. The summed E-state index contributed by atoms with van der Waals surface area (Å²) >= 11 is 0. The summed E-state index contributed by atoms with van der Waals surface area (Å²) < 4.78 is 1.92. The van der Waals surface area contributed by atoms with Crippen LogP contribution in [-0.4, -0.2) is 27.0 Å². The molecule has 86 valence electrons. The lowest BCUT2D eigenvalue weighted by Gasteiger charge is -2.19. The average Bonchev–Trinajstić information content (AvgIpc) is 2.56. The van der Waals surface area contributed by atoms with Crippen molar-refractivity contribution in [2.24, 2.45) is 0 Å². The fourth-order valence-corrected chi connectivity index (χ4v) is 1.79. The van der Waals surface area contributed by atoms with Crippen molar-refractivity contribution in [3.63, 3.8) is 0 Å². The summed E-state index contributed by atoms with van der Waals surface area (Å²) in [6, 6.07) is 0. The second-order valence-corrected chi connectivity index (χ2v) is 4.87. The van der Waals surface area contributed by atoms with Gasteiger partial charge in [-0.25, -0.2) is 4.68 Å². The van der Waals surface area contributed by atoms with Crippen LogP contribution >= 0.6 is 0 Å². The van der Waals surface area contributed by atoms with Crippen molar-refractivity contribution in [2.75, 3.05) is 12.4 Å². The predicted molar refractivity (Wildman–Crippen MR) is 64.6 cm³/mol. The largest absolute Gasteiger partial charge is 0.386 e. The van der Waals surface area contributed by atoms with Gasteiger partial charge >= 0.3 is 0 Å². The van der Waals surface area contributed by atoms with Gasteiger partial charge in [-0.2, -0.15) is 10.2 Å². The summed E-state index contributed by atoms with van der Waals surface area (Å²) in [4.78, 5) is 0. The van der Waals surface area contributed by atoms with Gasteiger partial charge in [0.2, 0.25) is 0 Å². The fourth-order valence-electron chi connectivity index (χ4n) is 1.79. The number of hydrogen-bond donors (Lipinski definition) is 1. The third kappa shape index (κ3) is 1.52. The average molecular weight is 219 g/mol. The molecular weight excluding hydrogens is 202 g/mol. The predicted octanol–water partition coefficient (Wildman–Crippen LogP) is 1.93. The van der Waals surface area contributed by atoms with E-state index in [0.717, 1.165) is 22.4 Å². The first-order valence-corrected chi connectivity index (χ1v) is 5.34. The van der Waals surface area contributed by atoms with Gasteiger partial charge in [-0.3, -0.25) is 0 Å². The number of fused-ring (bicyclic) bond motifs is 1.